The van der Waals surface area contributed by atoms with Gasteiger partial charge in [0.15, 0.2) is 5.78 Å². The second-order valence-corrected chi connectivity index (χ2v) is 8.79. The van der Waals surface area contributed by atoms with Crippen molar-refractivity contribution in [3.63, 3.8) is 0 Å². The Hall–Kier alpha value is -2.30. The fourth-order valence-corrected chi connectivity index (χ4v) is 3.94. The standard InChI is InChI=1S/C24H27ClO4/c1-7-15-9-10-16(28-19-11-8-14(2)12-18(19)25)13-17(15)20-21(26)23(3,4)29-24(5,6)22(20)27/h8-13,26H,7H2,1-6H3. The molecule has 0 aromatic heterocycles. The largest absolute Gasteiger partial charge is 0.508 e. The number of carbonyl (C=O) groups is 1. The number of hydrogen-bond acceptors (Lipinski definition) is 4. The summed E-state index contributed by atoms with van der Waals surface area (Å²) in [7, 11) is 0. The Morgan fingerprint density at radius 3 is 2.38 bits per heavy atom. The molecule has 0 saturated heterocycles. The van der Waals surface area contributed by atoms with Crippen molar-refractivity contribution in [2.45, 2.75) is 59.2 Å². The number of aliphatic hydroxyl groups is 1. The minimum absolute atomic E-state index is 0.0676. The van der Waals surface area contributed by atoms with Crippen molar-refractivity contribution in [2.24, 2.45) is 0 Å². The normalized spacial score (nSPS) is 18.1. The van der Waals surface area contributed by atoms with Crippen LogP contribution in [0.3, 0.4) is 0 Å². The molecule has 0 amide bonds. The molecular weight excluding hydrogens is 388 g/mol. The van der Waals surface area contributed by atoms with Gasteiger partial charge in [-0.1, -0.05) is 30.7 Å². The minimum Gasteiger partial charge on any atom is -0.508 e. The van der Waals surface area contributed by atoms with Crippen molar-refractivity contribution < 1.29 is 19.4 Å². The summed E-state index contributed by atoms with van der Waals surface area (Å²) in [6, 6.07) is 11.1. The lowest BCUT2D eigenvalue weighted by molar-refractivity contribution is -0.158. The van der Waals surface area contributed by atoms with Crippen LogP contribution in [0.15, 0.2) is 42.2 Å². The van der Waals surface area contributed by atoms with Gasteiger partial charge in [0.2, 0.25) is 0 Å². The summed E-state index contributed by atoms with van der Waals surface area (Å²) in [5.74, 6) is 0.749. The molecule has 0 aliphatic carbocycles. The van der Waals surface area contributed by atoms with E-state index in [1.807, 2.05) is 44.2 Å². The molecule has 0 radical (unpaired) electrons. The van der Waals surface area contributed by atoms with Crippen molar-refractivity contribution in [3.8, 4) is 11.5 Å². The summed E-state index contributed by atoms with van der Waals surface area (Å²) >= 11 is 6.30. The second-order valence-electron chi connectivity index (χ2n) is 8.38. The van der Waals surface area contributed by atoms with Gasteiger partial charge in [0.05, 0.1) is 10.6 Å². The Morgan fingerprint density at radius 2 is 1.76 bits per heavy atom. The van der Waals surface area contributed by atoms with Gasteiger partial charge in [-0.15, -0.1) is 0 Å². The van der Waals surface area contributed by atoms with Crippen molar-refractivity contribution in [1.82, 2.24) is 0 Å². The highest BCUT2D eigenvalue weighted by molar-refractivity contribution is 6.32. The van der Waals surface area contributed by atoms with Crippen LogP contribution in [0.2, 0.25) is 5.02 Å². The third kappa shape index (κ3) is 4.05. The third-order valence-electron chi connectivity index (χ3n) is 5.14. The van der Waals surface area contributed by atoms with Crippen LogP contribution < -0.4 is 4.74 Å². The van der Waals surface area contributed by atoms with Crippen molar-refractivity contribution in [1.29, 1.82) is 0 Å². The maximum Gasteiger partial charge on any atom is 0.198 e. The van der Waals surface area contributed by atoms with Crippen LogP contribution in [0.5, 0.6) is 11.5 Å². The molecule has 0 fully saturated rings. The average Bonchev–Trinajstić information content (AvgIpc) is 2.62. The van der Waals surface area contributed by atoms with E-state index in [-0.39, 0.29) is 17.1 Å². The van der Waals surface area contributed by atoms with Crippen LogP contribution in [-0.2, 0) is 16.0 Å². The number of benzene rings is 2. The Morgan fingerprint density at radius 1 is 1.07 bits per heavy atom. The van der Waals surface area contributed by atoms with Crippen LogP contribution in [0, 0.1) is 6.92 Å². The molecule has 154 valence electrons. The van der Waals surface area contributed by atoms with Crippen molar-refractivity contribution in [2.75, 3.05) is 0 Å². The number of aryl methyl sites for hydroxylation is 2. The predicted octanol–water partition coefficient (Wildman–Crippen LogP) is 6.43. The molecule has 0 atom stereocenters. The number of ether oxygens (including phenoxy) is 2. The Labute approximate surface area is 177 Å². The van der Waals surface area contributed by atoms with E-state index in [1.54, 1.807) is 33.8 Å². The van der Waals surface area contributed by atoms with E-state index in [2.05, 4.69) is 0 Å². The quantitative estimate of drug-likeness (QED) is 0.626. The molecule has 2 aromatic carbocycles. The number of carbonyl (C=O) groups excluding carboxylic acids is 1. The Kier molecular flexibility index (Phi) is 5.54. The van der Waals surface area contributed by atoms with E-state index in [1.165, 1.54) is 0 Å². The van der Waals surface area contributed by atoms with Crippen LogP contribution in [0.4, 0.5) is 0 Å². The van der Waals surface area contributed by atoms with Gasteiger partial charge in [-0.25, -0.2) is 0 Å². The van der Waals surface area contributed by atoms with Crippen LogP contribution >= 0.6 is 11.6 Å². The first-order chi connectivity index (χ1) is 13.5. The molecule has 1 heterocycles. The molecule has 0 saturated carbocycles. The number of ketones is 1. The summed E-state index contributed by atoms with van der Waals surface area (Å²) in [5.41, 5.74) is 0.887. The summed E-state index contributed by atoms with van der Waals surface area (Å²) in [4.78, 5) is 13.2. The van der Waals surface area contributed by atoms with Gasteiger partial charge < -0.3 is 14.6 Å². The maximum absolute atomic E-state index is 13.2. The van der Waals surface area contributed by atoms with Crippen LogP contribution in [0.1, 0.15) is 51.3 Å². The number of hydrogen-bond donors (Lipinski definition) is 1. The van der Waals surface area contributed by atoms with Gasteiger partial charge in [0.1, 0.15) is 28.5 Å². The Balaban J connectivity index is 2.13. The fraction of sp³-hybridized carbons (Fsp3) is 0.375. The zero-order valence-electron chi connectivity index (χ0n) is 17.7. The van der Waals surface area contributed by atoms with E-state index in [0.717, 1.165) is 11.1 Å². The molecule has 1 N–H and O–H groups in total. The van der Waals surface area contributed by atoms with E-state index in [0.29, 0.717) is 28.5 Å². The smallest absolute Gasteiger partial charge is 0.198 e. The summed E-state index contributed by atoms with van der Waals surface area (Å²) in [5, 5.41) is 11.4. The van der Waals surface area contributed by atoms with Gasteiger partial charge in [-0.3, -0.25) is 4.79 Å². The zero-order chi connectivity index (χ0) is 21.6. The molecule has 5 heteroatoms. The number of halogens is 1. The summed E-state index contributed by atoms with van der Waals surface area (Å²) < 4.78 is 11.8. The SMILES string of the molecule is CCc1ccc(Oc2ccc(C)cc2Cl)cc1C1=C(O)C(C)(C)OC(C)(C)C1=O. The molecule has 4 nitrogen and oxygen atoms in total. The molecule has 0 unspecified atom stereocenters. The highest BCUT2D eigenvalue weighted by Gasteiger charge is 2.47. The predicted molar refractivity (Wildman–Crippen MR) is 116 cm³/mol. The third-order valence-corrected chi connectivity index (χ3v) is 5.43. The summed E-state index contributed by atoms with van der Waals surface area (Å²) in [6.45, 7) is 10.9. The molecule has 0 bridgehead atoms. The molecule has 0 spiro atoms. The van der Waals surface area contributed by atoms with E-state index in [4.69, 9.17) is 21.1 Å². The molecule has 2 aromatic rings. The zero-order valence-corrected chi connectivity index (χ0v) is 18.5. The lowest BCUT2D eigenvalue weighted by atomic mass is 9.81. The van der Waals surface area contributed by atoms with Gasteiger partial charge >= 0.3 is 0 Å². The number of aliphatic hydroxyl groups excluding tert-OH is 1. The molecular formula is C24H27ClO4. The average molecular weight is 415 g/mol. The van der Waals surface area contributed by atoms with E-state index >= 15 is 0 Å². The fourth-order valence-electron chi connectivity index (χ4n) is 3.67. The first-order valence-corrected chi connectivity index (χ1v) is 10.1. The van der Waals surface area contributed by atoms with Gasteiger partial charge in [-0.05, 0) is 82.0 Å². The van der Waals surface area contributed by atoms with E-state index < -0.39 is 11.2 Å². The second kappa shape index (κ2) is 7.51. The van der Waals surface area contributed by atoms with Crippen molar-refractivity contribution >= 4 is 23.0 Å². The van der Waals surface area contributed by atoms with Crippen LogP contribution in [0.25, 0.3) is 5.57 Å². The topological polar surface area (TPSA) is 55.8 Å². The molecule has 1 aliphatic rings. The highest BCUT2D eigenvalue weighted by atomic mass is 35.5. The first-order valence-electron chi connectivity index (χ1n) is 9.72. The molecule has 3 rings (SSSR count). The monoisotopic (exact) mass is 414 g/mol. The maximum atomic E-state index is 13.2. The lowest BCUT2D eigenvalue weighted by Gasteiger charge is -2.40. The molecule has 29 heavy (non-hydrogen) atoms. The van der Waals surface area contributed by atoms with Gasteiger partial charge in [0.25, 0.3) is 0 Å². The van der Waals surface area contributed by atoms with Crippen LogP contribution in [-0.4, -0.2) is 22.1 Å². The van der Waals surface area contributed by atoms with Crippen molar-refractivity contribution in [3.05, 3.63) is 63.9 Å². The lowest BCUT2D eigenvalue weighted by Crippen LogP contribution is -2.49. The van der Waals surface area contributed by atoms with Gasteiger partial charge in [0, 0.05) is 0 Å². The minimum atomic E-state index is -1.05. The number of Topliss-reactive ketones (excluding diaryl/α,β-unsaturated/α-hetero) is 1. The molecule has 1 aliphatic heterocycles. The van der Waals surface area contributed by atoms with E-state index in [9.17, 15) is 9.90 Å². The summed E-state index contributed by atoms with van der Waals surface area (Å²) in [6.07, 6.45) is 0.701. The number of rotatable bonds is 4. The highest BCUT2D eigenvalue weighted by Crippen LogP contribution is 2.42. The van der Waals surface area contributed by atoms with Gasteiger partial charge in [-0.2, -0.15) is 0 Å². The first kappa shape index (κ1) is 21.4. The Bertz CT molecular complexity index is 1000.